The Labute approximate surface area is 138 Å². The summed E-state index contributed by atoms with van der Waals surface area (Å²) in [5.41, 5.74) is 0.166. The Hall–Kier alpha value is -1.75. The highest BCUT2D eigenvalue weighted by molar-refractivity contribution is 7.80. The van der Waals surface area contributed by atoms with Crippen LogP contribution in [0.25, 0.3) is 0 Å². The van der Waals surface area contributed by atoms with Gasteiger partial charge in [0, 0.05) is 13.1 Å². The first kappa shape index (κ1) is 18.3. The van der Waals surface area contributed by atoms with Crippen molar-refractivity contribution in [2.75, 3.05) is 13.1 Å². The molecule has 1 fully saturated rings. The molecule has 0 aliphatic carbocycles. The minimum absolute atomic E-state index is 0.166. The summed E-state index contributed by atoms with van der Waals surface area (Å²) in [4.78, 5) is 28.1. The number of amides is 2. The fraction of sp³-hybridized carbons (Fsp3) is 0.471. The number of unbranched alkanes of at least 4 members (excludes halogenated alkanes) is 2. The first-order valence-electron chi connectivity index (χ1n) is 7.75. The Bertz CT molecular complexity index is 477. The third kappa shape index (κ3) is 4.37. The molecule has 1 heterocycles. The Kier molecular flexibility index (Phi) is 7.74. The van der Waals surface area contributed by atoms with E-state index in [0.717, 1.165) is 25.7 Å². The van der Waals surface area contributed by atoms with Crippen LogP contribution in [0.2, 0.25) is 0 Å². The van der Waals surface area contributed by atoms with Crippen LogP contribution in [0.1, 0.15) is 39.5 Å². The maximum Gasteiger partial charge on any atom is 0.265 e. The summed E-state index contributed by atoms with van der Waals surface area (Å²) in [5, 5.41) is 0.335. The van der Waals surface area contributed by atoms with Gasteiger partial charge in [0.2, 0.25) is 0 Å². The Balaban J connectivity index is 3.10. The minimum Gasteiger partial charge on any atom is -0.285 e. The van der Waals surface area contributed by atoms with Crippen LogP contribution in [0, 0.1) is 0 Å². The van der Waals surface area contributed by atoms with E-state index in [1.807, 2.05) is 0 Å². The molecule has 22 heavy (non-hydrogen) atoms. The molecule has 0 spiro atoms. The normalized spacial score (nSPS) is 15.9. The summed E-state index contributed by atoms with van der Waals surface area (Å²) in [6, 6.07) is 0. The number of hydrogen-bond donors (Lipinski definition) is 0. The van der Waals surface area contributed by atoms with E-state index in [2.05, 4.69) is 20.4 Å². The number of hydrogen-bond acceptors (Lipinski definition) is 3. The predicted octanol–water partition coefficient (Wildman–Crippen LogP) is 3.21. The summed E-state index contributed by atoms with van der Waals surface area (Å²) in [6.45, 7) is 8.79. The highest BCUT2D eigenvalue weighted by Gasteiger charge is 2.38. The van der Waals surface area contributed by atoms with E-state index in [4.69, 9.17) is 12.2 Å². The lowest BCUT2D eigenvalue weighted by atomic mass is 10.1. The molecule has 0 radical (unpaired) electrons. The number of carbonyl (C=O) groups excluding carboxylic acids is 2. The third-order valence-corrected chi connectivity index (χ3v) is 3.83. The van der Waals surface area contributed by atoms with Gasteiger partial charge in [0.25, 0.3) is 11.8 Å². The Morgan fingerprint density at radius 1 is 1.00 bits per heavy atom. The Morgan fingerprint density at radius 3 is 1.91 bits per heavy atom. The van der Waals surface area contributed by atoms with Crippen LogP contribution in [-0.4, -0.2) is 39.8 Å². The molecule has 0 unspecified atom stereocenters. The molecule has 4 nitrogen and oxygen atoms in total. The zero-order valence-electron chi connectivity index (χ0n) is 13.4. The largest absolute Gasteiger partial charge is 0.285 e. The fourth-order valence-electron chi connectivity index (χ4n) is 2.10. The van der Waals surface area contributed by atoms with Crippen LogP contribution < -0.4 is 0 Å². The lowest BCUT2D eigenvalue weighted by molar-refractivity contribution is -0.133. The second kappa shape index (κ2) is 9.30. The third-order valence-electron chi connectivity index (χ3n) is 3.39. The van der Waals surface area contributed by atoms with Gasteiger partial charge in [-0.3, -0.25) is 19.4 Å². The molecule has 120 valence electrons. The van der Waals surface area contributed by atoms with Crippen molar-refractivity contribution in [1.82, 2.24) is 9.80 Å². The summed E-state index contributed by atoms with van der Waals surface area (Å²) in [7, 11) is 0. The molecule has 1 aliphatic rings. The Morgan fingerprint density at radius 2 is 1.50 bits per heavy atom. The molecule has 0 atom stereocenters. The van der Waals surface area contributed by atoms with Crippen molar-refractivity contribution < 1.29 is 9.59 Å². The molecule has 0 N–H and O–H groups in total. The predicted molar refractivity (Wildman–Crippen MR) is 93.3 cm³/mol. The van der Waals surface area contributed by atoms with Gasteiger partial charge in [-0.2, -0.15) is 0 Å². The van der Waals surface area contributed by atoms with Gasteiger partial charge >= 0.3 is 0 Å². The van der Waals surface area contributed by atoms with Gasteiger partial charge in [-0.15, -0.1) is 0 Å². The molecular formula is C17H24N2O2S. The molecule has 0 aromatic rings. The molecule has 1 saturated heterocycles. The van der Waals surface area contributed by atoms with Crippen LogP contribution in [0.5, 0.6) is 0 Å². The average molecular weight is 320 g/mol. The van der Waals surface area contributed by atoms with Crippen molar-refractivity contribution in [1.29, 1.82) is 0 Å². The van der Waals surface area contributed by atoms with Crippen molar-refractivity contribution in [3.05, 3.63) is 36.5 Å². The summed E-state index contributed by atoms with van der Waals surface area (Å²) in [5.74, 6) is -0.602. The van der Waals surface area contributed by atoms with E-state index >= 15 is 0 Å². The smallest absolute Gasteiger partial charge is 0.265 e. The van der Waals surface area contributed by atoms with Crippen molar-refractivity contribution in [2.45, 2.75) is 39.5 Å². The van der Waals surface area contributed by atoms with E-state index in [-0.39, 0.29) is 17.4 Å². The number of allylic oxidation sites excluding steroid dienone is 4. The van der Waals surface area contributed by atoms with Gasteiger partial charge in [-0.1, -0.05) is 51.5 Å². The SMILES string of the molecule is C=CC=CC=C1C(=O)N(CCCC)C(=S)N(CCCC)C1=O. The zero-order valence-corrected chi connectivity index (χ0v) is 14.2. The summed E-state index contributed by atoms with van der Waals surface area (Å²) in [6.07, 6.45) is 10.1. The maximum atomic E-state index is 12.5. The molecule has 2 amide bonds. The summed E-state index contributed by atoms with van der Waals surface area (Å²) < 4.78 is 0. The van der Waals surface area contributed by atoms with Crippen molar-refractivity contribution in [3.8, 4) is 0 Å². The van der Waals surface area contributed by atoms with E-state index in [9.17, 15) is 9.59 Å². The molecule has 0 aromatic carbocycles. The standard InChI is InChI=1S/C17H24N2O2S/c1-4-7-10-11-14-15(20)18(12-8-5-2)17(22)19(16(14)21)13-9-6-3/h4,7,10-11H,1,5-6,8-9,12-13H2,2-3H3. The van der Waals surface area contributed by atoms with Crippen LogP contribution in [0.4, 0.5) is 0 Å². The van der Waals surface area contributed by atoms with Crippen LogP contribution >= 0.6 is 12.2 Å². The first-order valence-corrected chi connectivity index (χ1v) is 8.16. The minimum atomic E-state index is -0.301. The van der Waals surface area contributed by atoms with Crippen LogP contribution in [0.3, 0.4) is 0 Å². The monoisotopic (exact) mass is 320 g/mol. The average Bonchev–Trinajstić information content (AvgIpc) is 2.50. The van der Waals surface area contributed by atoms with Crippen molar-refractivity contribution in [2.24, 2.45) is 0 Å². The van der Waals surface area contributed by atoms with E-state index < -0.39 is 0 Å². The van der Waals surface area contributed by atoms with Crippen LogP contribution in [0.15, 0.2) is 36.5 Å². The number of thiocarbonyl (C=S) groups is 1. The van der Waals surface area contributed by atoms with Gasteiger partial charge < -0.3 is 0 Å². The van der Waals surface area contributed by atoms with Gasteiger partial charge in [-0.05, 0) is 31.1 Å². The summed E-state index contributed by atoms with van der Waals surface area (Å²) >= 11 is 5.37. The fourth-order valence-corrected chi connectivity index (χ4v) is 2.45. The number of carbonyl (C=O) groups is 2. The molecular weight excluding hydrogens is 296 g/mol. The molecule has 1 aliphatic heterocycles. The quantitative estimate of drug-likeness (QED) is 0.298. The second-order valence-electron chi connectivity index (χ2n) is 5.10. The van der Waals surface area contributed by atoms with Crippen molar-refractivity contribution >= 4 is 29.1 Å². The maximum absolute atomic E-state index is 12.5. The molecule has 0 aromatic heterocycles. The molecule has 0 bridgehead atoms. The molecule has 5 heteroatoms. The number of rotatable bonds is 8. The van der Waals surface area contributed by atoms with Gasteiger partial charge in [0.1, 0.15) is 5.57 Å². The topological polar surface area (TPSA) is 40.6 Å². The lowest BCUT2D eigenvalue weighted by Crippen LogP contribution is -2.56. The van der Waals surface area contributed by atoms with Gasteiger partial charge in [0.05, 0.1) is 0 Å². The number of nitrogens with zero attached hydrogens (tertiary/aromatic N) is 2. The molecule has 0 saturated carbocycles. The second-order valence-corrected chi connectivity index (χ2v) is 5.47. The van der Waals surface area contributed by atoms with E-state index in [0.29, 0.717) is 18.2 Å². The zero-order chi connectivity index (χ0) is 16.5. The van der Waals surface area contributed by atoms with E-state index in [1.54, 1.807) is 34.1 Å². The van der Waals surface area contributed by atoms with Gasteiger partial charge in [0.15, 0.2) is 5.11 Å². The lowest BCUT2D eigenvalue weighted by Gasteiger charge is -2.36. The highest BCUT2D eigenvalue weighted by atomic mass is 32.1. The van der Waals surface area contributed by atoms with Crippen LogP contribution in [-0.2, 0) is 9.59 Å². The van der Waals surface area contributed by atoms with Crippen molar-refractivity contribution in [3.63, 3.8) is 0 Å². The molecule has 1 rings (SSSR count). The highest BCUT2D eigenvalue weighted by Crippen LogP contribution is 2.19. The first-order chi connectivity index (χ1) is 10.6. The van der Waals surface area contributed by atoms with E-state index in [1.165, 1.54) is 0 Å². The van der Waals surface area contributed by atoms with Gasteiger partial charge in [-0.25, -0.2) is 0 Å².